The molecule has 3 aromatic carbocycles. The molecule has 114 valence electrons. The maximum Gasteiger partial charge on any atom is 0.154 e. The fourth-order valence-electron chi connectivity index (χ4n) is 2.51. The number of benzene rings is 3. The molecule has 0 saturated heterocycles. The predicted octanol–water partition coefficient (Wildman–Crippen LogP) is 5.79. The first kappa shape index (κ1) is 16.3. The van der Waals surface area contributed by atoms with Crippen LogP contribution in [0.4, 0.5) is 17.1 Å². The Kier molecular flexibility index (Phi) is 5.24. The lowest BCUT2D eigenvalue weighted by Gasteiger charge is -2.25. The molecule has 3 rings (SSSR count). The van der Waals surface area contributed by atoms with Gasteiger partial charge in [-0.05, 0) is 60.7 Å². The van der Waals surface area contributed by atoms with E-state index in [-0.39, 0.29) is 0 Å². The van der Waals surface area contributed by atoms with Gasteiger partial charge in [0.15, 0.2) is 7.28 Å². The summed E-state index contributed by atoms with van der Waals surface area (Å²) >= 11 is 7.02. The summed E-state index contributed by atoms with van der Waals surface area (Å²) in [6.07, 6.45) is 0. The Morgan fingerprint density at radius 1 is 0.609 bits per heavy atom. The van der Waals surface area contributed by atoms with Crippen LogP contribution in [0, 0.1) is 0 Å². The Morgan fingerprint density at radius 3 is 1.30 bits per heavy atom. The molecule has 0 heterocycles. The van der Waals surface area contributed by atoms with Gasteiger partial charge in [-0.3, -0.25) is 0 Å². The van der Waals surface area contributed by atoms with Crippen molar-refractivity contribution in [3.63, 3.8) is 0 Å². The topological polar surface area (TPSA) is 3.24 Å². The third kappa shape index (κ3) is 3.88. The molecule has 0 bridgehead atoms. The molecule has 0 spiro atoms. The minimum atomic E-state index is 1.05. The largest absolute Gasteiger partial charge is 0.311 e. The van der Waals surface area contributed by atoms with Crippen molar-refractivity contribution < 1.29 is 0 Å². The van der Waals surface area contributed by atoms with Crippen LogP contribution in [0.1, 0.15) is 0 Å². The molecule has 0 aliphatic heterocycles. The Balaban J connectivity index is 2.08. The molecule has 0 aliphatic carbocycles. The summed E-state index contributed by atoms with van der Waals surface area (Å²) in [6.45, 7) is 2.18. The summed E-state index contributed by atoms with van der Waals surface area (Å²) in [5.74, 6) is 0. The fourth-order valence-corrected chi connectivity index (χ4v) is 3.04. The van der Waals surface area contributed by atoms with Gasteiger partial charge in [-0.25, -0.2) is 0 Å². The van der Waals surface area contributed by atoms with Crippen molar-refractivity contribution in [3.8, 4) is 0 Å². The van der Waals surface area contributed by atoms with Gasteiger partial charge in [0.05, 0.1) is 0 Å². The lowest BCUT2D eigenvalue weighted by molar-refractivity contribution is 1.28. The van der Waals surface area contributed by atoms with Crippen molar-refractivity contribution in [2.75, 3.05) is 4.90 Å². The van der Waals surface area contributed by atoms with Crippen LogP contribution in [0.15, 0.2) is 81.7 Å². The van der Waals surface area contributed by atoms with E-state index in [2.05, 4.69) is 116 Å². The maximum absolute atomic E-state index is 3.51. The minimum Gasteiger partial charge on any atom is -0.311 e. The lowest BCUT2D eigenvalue weighted by Crippen LogP contribution is -2.13. The van der Waals surface area contributed by atoms with Crippen LogP contribution in [-0.2, 0) is 0 Å². The van der Waals surface area contributed by atoms with E-state index in [0.717, 1.165) is 33.3 Å². The molecule has 0 fully saturated rings. The molecule has 0 unspecified atom stereocenters. The van der Waals surface area contributed by atoms with Crippen molar-refractivity contribution in [3.05, 3.63) is 81.7 Å². The molecular formula is C19H16BBr2N. The summed E-state index contributed by atoms with van der Waals surface area (Å²) in [5.41, 5.74) is 4.78. The first-order valence-electron chi connectivity index (χ1n) is 7.57. The van der Waals surface area contributed by atoms with Gasteiger partial charge < -0.3 is 4.90 Å². The highest BCUT2D eigenvalue weighted by Crippen LogP contribution is 2.35. The second kappa shape index (κ2) is 7.37. The molecule has 1 nitrogen and oxygen atoms in total. The molecule has 23 heavy (non-hydrogen) atoms. The lowest BCUT2D eigenvalue weighted by atomic mass is 9.73. The summed E-state index contributed by atoms with van der Waals surface area (Å²) in [5, 5.41) is 0. The predicted molar refractivity (Wildman–Crippen MR) is 109 cm³/mol. The Bertz CT molecular complexity index is 722. The molecule has 0 aliphatic rings. The molecule has 3 aromatic rings. The summed E-state index contributed by atoms with van der Waals surface area (Å²) in [4.78, 5) is 2.26. The molecule has 0 N–H and O–H groups in total. The van der Waals surface area contributed by atoms with E-state index in [1.807, 2.05) is 0 Å². The van der Waals surface area contributed by atoms with Crippen LogP contribution in [-0.4, -0.2) is 7.28 Å². The third-order valence-electron chi connectivity index (χ3n) is 3.77. The summed E-state index contributed by atoms with van der Waals surface area (Å²) < 4.78 is 2.16. The normalized spacial score (nSPS) is 10.4. The van der Waals surface area contributed by atoms with E-state index in [1.54, 1.807) is 0 Å². The van der Waals surface area contributed by atoms with Gasteiger partial charge in [0.1, 0.15) is 0 Å². The number of halogens is 2. The second-order valence-electron chi connectivity index (χ2n) is 5.31. The smallest absolute Gasteiger partial charge is 0.154 e. The highest BCUT2D eigenvalue weighted by atomic mass is 79.9. The number of rotatable bonds is 4. The zero-order chi connectivity index (χ0) is 16.2. The van der Waals surface area contributed by atoms with Crippen molar-refractivity contribution in [1.29, 1.82) is 0 Å². The third-order valence-corrected chi connectivity index (χ3v) is 4.83. The number of anilines is 3. The van der Waals surface area contributed by atoms with Gasteiger partial charge in [0.2, 0.25) is 0 Å². The van der Waals surface area contributed by atoms with Crippen LogP contribution >= 0.6 is 31.9 Å². The van der Waals surface area contributed by atoms with E-state index in [0.29, 0.717) is 0 Å². The molecule has 0 atom stereocenters. The zero-order valence-corrected chi connectivity index (χ0v) is 16.0. The average Bonchev–Trinajstić information content (AvgIpc) is 2.59. The van der Waals surface area contributed by atoms with Crippen LogP contribution in [0.3, 0.4) is 0 Å². The first-order valence-corrected chi connectivity index (χ1v) is 9.16. The number of hydrogen-bond acceptors (Lipinski definition) is 1. The van der Waals surface area contributed by atoms with Crippen LogP contribution < -0.4 is 10.4 Å². The van der Waals surface area contributed by atoms with Crippen molar-refractivity contribution >= 4 is 61.7 Å². The summed E-state index contributed by atoms with van der Waals surface area (Å²) in [6, 6.07) is 25.5. The number of nitrogens with zero attached hydrogens (tertiary/aromatic N) is 1. The van der Waals surface area contributed by atoms with Gasteiger partial charge in [-0.1, -0.05) is 56.3 Å². The highest BCUT2D eigenvalue weighted by Gasteiger charge is 2.12. The Hall–Kier alpha value is -1.52. The monoisotopic (exact) mass is 427 g/mol. The number of hydrogen-bond donors (Lipinski definition) is 0. The molecule has 0 saturated carbocycles. The average molecular weight is 429 g/mol. The SMILES string of the molecule is CBc1ccc(N(c2ccc(Br)cc2)c2ccc(Br)cc2)cc1. The molecular weight excluding hydrogens is 413 g/mol. The Labute approximate surface area is 154 Å². The van der Waals surface area contributed by atoms with Crippen molar-refractivity contribution in [1.82, 2.24) is 0 Å². The van der Waals surface area contributed by atoms with Crippen LogP contribution in [0.5, 0.6) is 0 Å². The van der Waals surface area contributed by atoms with E-state index in [1.165, 1.54) is 5.46 Å². The van der Waals surface area contributed by atoms with E-state index in [9.17, 15) is 0 Å². The maximum atomic E-state index is 3.51. The van der Waals surface area contributed by atoms with Crippen LogP contribution in [0.25, 0.3) is 0 Å². The zero-order valence-electron chi connectivity index (χ0n) is 12.8. The Morgan fingerprint density at radius 2 is 0.957 bits per heavy atom. The van der Waals surface area contributed by atoms with E-state index in [4.69, 9.17) is 0 Å². The fraction of sp³-hybridized carbons (Fsp3) is 0.0526. The summed E-state index contributed by atoms with van der Waals surface area (Å²) in [7, 11) is 1.05. The standard InChI is InChI=1S/C19H16BBr2N/c1-20-14-2-8-17(9-3-14)23(18-10-4-15(21)5-11-18)19-12-6-16(22)7-13-19/h2-13,20H,1H3. The molecule has 0 amide bonds. The highest BCUT2D eigenvalue weighted by molar-refractivity contribution is 9.10. The van der Waals surface area contributed by atoms with Gasteiger partial charge in [0, 0.05) is 26.0 Å². The van der Waals surface area contributed by atoms with Crippen LogP contribution in [0.2, 0.25) is 6.82 Å². The quantitative estimate of drug-likeness (QED) is 0.475. The molecule has 0 radical (unpaired) electrons. The van der Waals surface area contributed by atoms with Gasteiger partial charge >= 0.3 is 0 Å². The second-order valence-corrected chi connectivity index (χ2v) is 7.14. The van der Waals surface area contributed by atoms with E-state index < -0.39 is 0 Å². The van der Waals surface area contributed by atoms with E-state index >= 15 is 0 Å². The molecule has 0 aromatic heterocycles. The van der Waals surface area contributed by atoms with Gasteiger partial charge in [-0.2, -0.15) is 0 Å². The van der Waals surface area contributed by atoms with Crippen molar-refractivity contribution in [2.24, 2.45) is 0 Å². The molecule has 4 heteroatoms. The minimum absolute atomic E-state index is 1.05. The van der Waals surface area contributed by atoms with Gasteiger partial charge in [-0.15, -0.1) is 0 Å². The van der Waals surface area contributed by atoms with Crippen molar-refractivity contribution in [2.45, 2.75) is 6.82 Å². The van der Waals surface area contributed by atoms with Gasteiger partial charge in [0.25, 0.3) is 0 Å². The first-order chi connectivity index (χ1) is 11.2.